The van der Waals surface area contributed by atoms with Gasteiger partial charge in [0.05, 0.1) is 0 Å². The number of ether oxygens (including phenoxy) is 1. The Morgan fingerprint density at radius 1 is 1.08 bits per heavy atom. The van der Waals surface area contributed by atoms with Crippen molar-refractivity contribution in [3.8, 4) is 5.75 Å². The minimum Gasteiger partial charge on any atom is -0.482 e. The molecule has 4 nitrogen and oxygen atoms in total. The number of nitrogens with zero attached hydrogens (tertiary/aromatic N) is 3. The third-order valence-corrected chi connectivity index (χ3v) is 5.53. The molecule has 0 radical (unpaired) electrons. The van der Waals surface area contributed by atoms with Crippen LogP contribution in [0.15, 0.2) is 47.6 Å². The SMILES string of the molecule is Cc1cc(Cl)ccc1OC(C)c1nnc(SCc2ccc(Cl)cc2)n1C. The quantitative estimate of drug-likeness (QED) is 0.479. The highest BCUT2D eigenvalue weighted by Gasteiger charge is 2.18. The van der Waals surface area contributed by atoms with E-state index in [0.29, 0.717) is 5.02 Å². The highest BCUT2D eigenvalue weighted by molar-refractivity contribution is 7.98. The van der Waals surface area contributed by atoms with Crippen molar-refractivity contribution in [3.05, 3.63) is 69.5 Å². The highest BCUT2D eigenvalue weighted by Crippen LogP contribution is 2.28. The maximum absolute atomic E-state index is 6.05. The zero-order chi connectivity index (χ0) is 18.7. The van der Waals surface area contributed by atoms with Gasteiger partial charge in [-0.1, -0.05) is 47.1 Å². The normalized spacial score (nSPS) is 12.2. The number of aryl methyl sites for hydroxylation is 1. The fourth-order valence-corrected chi connectivity index (χ4v) is 3.75. The van der Waals surface area contributed by atoms with Gasteiger partial charge >= 0.3 is 0 Å². The summed E-state index contributed by atoms with van der Waals surface area (Å²) in [6, 6.07) is 13.4. The number of rotatable bonds is 6. The van der Waals surface area contributed by atoms with Crippen LogP contribution < -0.4 is 4.74 Å². The summed E-state index contributed by atoms with van der Waals surface area (Å²) < 4.78 is 8.02. The Morgan fingerprint density at radius 3 is 2.46 bits per heavy atom. The predicted molar refractivity (Wildman–Crippen MR) is 107 cm³/mol. The fourth-order valence-electron chi connectivity index (χ4n) is 2.52. The smallest absolute Gasteiger partial charge is 0.191 e. The molecule has 3 rings (SSSR count). The Hall–Kier alpha value is -1.69. The van der Waals surface area contributed by atoms with Gasteiger partial charge in [-0.25, -0.2) is 0 Å². The van der Waals surface area contributed by atoms with Crippen molar-refractivity contribution < 1.29 is 4.74 Å². The Balaban J connectivity index is 1.68. The van der Waals surface area contributed by atoms with Gasteiger partial charge in [0.25, 0.3) is 0 Å². The van der Waals surface area contributed by atoms with Crippen LogP contribution in [0.5, 0.6) is 5.75 Å². The molecule has 1 heterocycles. The lowest BCUT2D eigenvalue weighted by Gasteiger charge is -2.16. The summed E-state index contributed by atoms with van der Waals surface area (Å²) in [4.78, 5) is 0. The minimum absolute atomic E-state index is 0.225. The summed E-state index contributed by atoms with van der Waals surface area (Å²) in [5, 5.41) is 10.9. The molecule has 2 aromatic carbocycles. The van der Waals surface area contributed by atoms with Crippen LogP contribution in [0.2, 0.25) is 10.0 Å². The maximum Gasteiger partial charge on any atom is 0.191 e. The lowest BCUT2D eigenvalue weighted by Crippen LogP contribution is -2.10. The number of halogens is 2. The summed E-state index contributed by atoms with van der Waals surface area (Å²) in [5.74, 6) is 2.37. The van der Waals surface area contributed by atoms with Gasteiger partial charge in [-0.2, -0.15) is 0 Å². The average molecular weight is 408 g/mol. The van der Waals surface area contributed by atoms with E-state index in [2.05, 4.69) is 10.2 Å². The monoisotopic (exact) mass is 407 g/mol. The van der Waals surface area contributed by atoms with E-state index in [1.54, 1.807) is 11.8 Å². The van der Waals surface area contributed by atoms with E-state index in [1.165, 1.54) is 5.56 Å². The van der Waals surface area contributed by atoms with E-state index >= 15 is 0 Å². The molecular weight excluding hydrogens is 389 g/mol. The van der Waals surface area contributed by atoms with Crippen molar-refractivity contribution in [2.24, 2.45) is 7.05 Å². The van der Waals surface area contributed by atoms with Crippen molar-refractivity contribution in [2.75, 3.05) is 0 Å². The Kier molecular flexibility index (Phi) is 6.12. The third kappa shape index (κ3) is 4.53. The van der Waals surface area contributed by atoms with Crippen LogP contribution in [-0.4, -0.2) is 14.8 Å². The zero-order valence-electron chi connectivity index (χ0n) is 14.7. The molecule has 0 spiro atoms. The number of hydrogen-bond donors (Lipinski definition) is 0. The van der Waals surface area contributed by atoms with Crippen LogP contribution in [0.3, 0.4) is 0 Å². The number of thioether (sulfide) groups is 1. The second-order valence-electron chi connectivity index (χ2n) is 5.98. The van der Waals surface area contributed by atoms with Crippen LogP contribution >= 0.6 is 35.0 Å². The third-order valence-electron chi connectivity index (χ3n) is 3.95. The molecule has 7 heteroatoms. The largest absolute Gasteiger partial charge is 0.482 e. The first-order valence-corrected chi connectivity index (χ1v) is 9.87. The molecule has 3 aromatic rings. The molecule has 0 saturated heterocycles. The van der Waals surface area contributed by atoms with Crippen LogP contribution in [0.1, 0.15) is 30.0 Å². The van der Waals surface area contributed by atoms with E-state index in [1.807, 2.05) is 67.9 Å². The molecule has 1 atom stereocenters. The van der Waals surface area contributed by atoms with Crippen LogP contribution in [0, 0.1) is 6.92 Å². The van der Waals surface area contributed by atoms with Gasteiger partial charge in [-0.3, -0.25) is 0 Å². The van der Waals surface area contributed by atoms with E-state index in [4.69, 9.17) is 27.9 Å². The molecule has 0 aliphatic heterocycles. The van der Waals surface area contributed by atoms with Crippen LogP contribution in [0.4, 0.5) is 0 Å². The molecule has 0 saturated carbocycles. The van der Waals surface area contributed by atoms with Gasteiger partial charge in [0.2, 0.25) is 0 Å². The first kappa shape index (κ1) is 19.1. The Labute approximate surface area is 167 Å². The van der Waals surface area contributed by atoms with Crippen LogP contribution in [0.25, 0.3) is 0 Å². The lowest BCUT2D eigenvalue weighted by molar-refractivity contribution is 0.210. The van der Waals surface area contributed by atoms with Crippen LogP contribution in [-0.2, 0) is 12.8 Å². The molecule has 0 amide bonds. The number of aromatic nitrogens is 3. The molecule has 0 bridgehead atoms. The van der Waals surface area contributed by atoms with Crippen molar-refractivity contribution in [1.29, 1.82) is 0 Å². The second kappa shape index (κ2) is 8.33. The highest BCUT2D eigenvalue weighted by atomic mass is 35.5. The van der Waals surface area contributed by atoms with Crippen molar-refractivity contribution in [2.45, 2.75) is 30.9 Å². The molecule has 26 heavy (non-hydrogen) atoms. The van der Waals surface area contributed by atoms with Crippen molar-refractivity contribution >= 4 is 35.0 Å². The van der Waals surface area contributed by atoms with Crippen molar-refractivity contribution in [3.63, 3.8) is 0 Å². The molecule has 0 aliphatic carbocycles. The predicted octanol–water partition coefficient (Wildman–Crippen LogP) is 5.86. The summed E-state index contributed by atoms with van der Waals surface area (Å²) >= 11 is 13.6. The maximum atomic E-state index is 6.05. The van der Waals surface area contributed by atoms with E-state index in [-0.39, 0.29) is 6.10 Å². The first-order chi connectivity index (χ1) is 12.4. The lowest BCUT2D eigenvalue weighted by atomic mass is 10.2. The molecule has 1 unspecified atom stereocenters. The van der Waals surface area contributed by atoms with Gasteiger partial charge in [0.15, 0.2) is 17.1 Å². The standard InChI is InChI=1S/C19H19Cl2N3OS/c1-12-10-16(21)8-9-17(12)25-13(2)18-22-23-19(24(18)3)26-11-14-4-6-15(20)7-5-14/h4-10,13H,11H2,1-3H3. The Morgan fingerprint density at radius 2 is 1.77 bits per heavy atom. The molecule has 0 aliphatic rings. The average Bonchev–Trinajstić information content (AvgIpc) is 2.98. The Bertz CT molecular complexity index is 896. The zero-order valence-corrected chi connectivity index (χ0v) is 17.1. The number of benzene rings is 2. The molecule has 1 aromatic heterocycles. The van der Waals surface area contributed by atoms with E-state index < -0.39 is 0 Å². The van der Waals surface area contributed by atoms with Gasteiger partial charge in [0, 0.05) is 22.8 Å². The summed E-state index contributed by atoms with van der Waals surface area (Å²) in [6.07, 6.45) is -0.225. The topological polar surface area (TPSA) is 39.9 Å². The van der Waals surface area contributed by atoms with Gasteiger partial charge in [-0.05, 0) is 55.3 Å². The first-order valence-electron chi connectivity index (χ1n) is 8.13. The van der Waals surface area contributed by atoms with Crippen molar-refractivity contribution in [1.82, 2.24) is 14.8 Å². The molecule has 0 fully saturated rings. The number of hydrogen-bond acceptors (Lipinski definition) is 4. The van der Waals surface area contributed by atoms with E-state index in [9.17, 15) is 0 Å². The minimum atomic E-state index is -0.225. The van der Waals surface area contributed by atoms with Gasteiger partial charge in [-0.15, -0.1) is 10.2 Å². The van der Waals surface area contributed by atoms with E-state index in [0.717, 1.165) is 33.1 Å². The molecule has 136 valence electrons. The van der Waals surface area contributed by atoms with Gasteiger partial charge in [0.1, 0.15) is 5.75 Å². The second-order valence-corrected chi connectivity index (χ2v) is 7.80. The fraction of sp³-hybridized carbons (Fsp3) is 0.263. The molecule has 0 N–H and O–H groups in total. The summed E-state index contributed by atoms with van der Waals surface area (Å²) in [6.45, 7) is 3.93. The molecular formula is C19H19Cl2N3OS. The summed E-state index contributed by atoms with van der Waals surface area (Å²) in [7, 11) is 1.95. The van der Waals surface area contributed by atoms with Gasteiger partial charge < -0.3 is 9.30 Å². The summed E-state index contributed by atoms with van der Waals surface area (Å²) in [5.41, 5.74) is 2.17.